The Balaban J connectivity index is 1.55. The summed E-state index contributed by atoms with van der Waals surface area (Å²) in [5.41, 5.74) is 2.17. The Kier molecular flexibility index (Phi) is 7.21. The summed E-state index contributed by atoms with van der Waals surface area (Å²) in [6.45, 7) is 14.8. The van der Waals surface area contributed by atoms with Gasteiger partial charge in [-0.05, 0) is 98.0 Å². The van der Waals surface area contributed by atoms with E-state index in [0.29, 0.717) is 17.4 Å². The van der Waals surface area contributed by atoms with Gasteiger partial charge < -0.3 is 9.47 Å². The van der Waals surface area contributed by atoms with Crippen molar-refractivity contribution in [3.63, 3.8) is 0 Å². The largest absolute Gasteiger partial charge is 0.466 e. The summed E-state index contributed by atoms with van der Waals surface area (Å²) >= 11 is 0. The average molecular weight is 443 g/mol. The smallest absolute Gasteiger partial charge is 0.106 e. The molecule has 4 rings (SSSR count). The van der Waals surface area contributed by atoms with Gasteiger partial charge in [0.1, 0.15) is 11.5 Å². The average Bonchev–Trinajstić information content (AvgIpc) is 2.94. The minimum Gasteiger partial charge on any atom is -0.466 e. The molecule has 2 aliphatic heterocycles. The van der Waals surface area contributed by atoms with Gasteiger partial charge in [0.15, 0.2) is 0 Å². The number of fused-ring (bicyclic) bond motifs is 5. The summed E-state index contributed by atoms with van der Waals surface area (Å²) in [6, 6.07) is 0. The molecule has 0 N–H and O–H groups in total. The van der Waals surface area contributed by atoms with Crippen molar-refractivity contribution in [2.75, 3.05) is 7.11 Å². The SMILES string of the molecule is CCC(CCC(C)C1CCC2=C3CCC4CC(OC)CCC4(C)C(=CCC21C)O3)C(C)C. The number of allylic oxidation sites excluding steroid dienone is 4. The van der Waals surface area contributed by atoms with Crippen molar-refractivity contribution in [2.45, 2.75) is 118 Å². The Morgan fingerprint density at radius 3 is 2.53 bits per heavy atom. The molecule has 3 fully saturated rings. The van der Waals surface area contributed by atoms with Gasteiger partial charge in [-0.3, -0.25) is 0 Å². The van der Waals surface area contributed by atoms with Crippen LogP contribution in [0, 0.1) is 40.4 Å². The summed E-state index contributed by atoms with van der Waals surface area (Å²) in [5, 5.41) is 0. The predicted octanol–water partition coefficient (Wildman–Crippen LogP) is 8.67. The minimum absolute atomic E-state index is 0.194. The van der Waals surface area contributed by atoms with Gasteiger partial charge in [0.05, 0.1) is 6.10 Å². The van der Waals surface area contributed by atoms with E-state index in [9.17, 15) is 0 Å². The van der Waals surface area contributed by atoms with Crippen LogP contribution in [0.5, 0.6) is 0 Å². The third-order valence-corrected chi connectivity index (χ3v) is 10.7. The summed E-state index contributed by atoms with van der Waals surface area (Å²) in [5.74, 6) is 6.64. The fourth-order valence-electron chi connectivity index (χ4n) is 8.19. The van der Waals surface area contributed by atoms with Crippen LogP contribution in [-0.2, 0) is 9.47 Å². The molecule has 7 atom stereocenters. The van der Waals surface area contributed by atoms with Gasteiger partial charge in [-0.25, -0.2) is 0 Å². The van der Waals surface area contributed by atoms with Crippen LogP contribution in [0.3, 0.4) is 0 Å². The molecule has 7 unspecified atom stereocenters. The van der Waals surface area contributed by atoms with E-state index in [0.717, 1.165) is 30.1 Å². The van der Waals surface area contributed by atoms with Gasteiger partial charge in [0.2, 0.25) is 0 Å². The summed E-state index contributed by atoms with van der Waals surface area (Å²) < 4.78 is 12.6. The van der Waals surface area contributed by atoms with Crippen molar-refractivity contribution in [3.05, 3.63) is 23.2 Å². The van der Waals surface area contributed by atoms with Gasteiger partial charge >= 0.3 is 0 Å². The van der Waals surface area contributed by atoms with Crippen molar-refractivity contribution in [1.29, 1.82) is 0 Å². The lowest BCUT2D eigenvalue weighted by atomic mass is 9.62. The fraction of sp³-hybridized carbons (Fsp3) is 0.867. The number of rotatable bonds is 7. The molecule has 2 aliphatic carbocycles. The van der Waals surface area contributed by atoms with E-state index in [-0.39, 0.29) is 5.41 Å². The molecule has 182 valence electrons. The van der Waals surface area contributed by atoms with Crippen LogP contribution in [0.1, 0.15) is 112 Å². The number of hydrogen-bond donors (Lipinski definition) is 0. The Bertz CT molecular complexity index is 733. The Morgan fingerprint density at radius 1 is 1.06 bits per heavy atom. The van der Waals surface area contributed by atoms with E-state index >= 15 is 0 Å². The van der Waals surface area contributed by atoms with Crippen LogP contribution in [0.4, 0.5) is 0 Å². The molecule has 4 aliphatic rings. The van der Waals surface area contributed by atoms with Crippen LogP contribution in [0.2, 0.25) is 0 Å². The second kappa shape index (κ2) is 9.47. The first-order chi connectivity index (χ1) is 15.2. The highest BCUT2D eigenvalue weighted by Crippen LogP contribution is 2.60. The Morgan fingerprint density at radius 2 is 1.84 bits per heavy atom. The molecular weight excluding hydrogens is 392 g/mol. The molecule has 0 amide bonds. The first-order valence-corrected chi connectivity index (χ1v) is 13.9. The molecule has 0 aromatic rings. The maximum atomic E-state index is 6.87. The summed E-state index contributed by atoms with van der Waals surface area (Å²) in [4.78, 5) is 0. The molecule has 0 aromatic heterocycles. The lowest BCUT2D eigenvalue weighted by Gasteiger charge is -2.43. The van der Waals surface area contributed by atoms with Crippen LogP contribution in [0.15, 0.2) is 23.2 Å². The van der Waals surface area contributed by atoms with E-state index in [1.807, 2.05) is 7.11 Å². The first kappa shape index (κ1) is 24.4. The van der Waals surface area contributed by atoms with Crippen LogP contribution in [-0.4, -0.2) is 13.2 Å². The van der Waals surface area contributed by atoms with Crippen molar-refractivity contribution in [2.24, 2.45) is 40.4 Å². The molecule has 2 heterocycles. The van der Waals surface area contributed by atoms with Gasteiger partial charge in [-0.1, -0.05) is 54.4 Å². The standard InChI is InChI=1S/C30H50O2/c1-8-22(20(2)3)10-9-21(4)25-12-13-26-27-14-11-23-19-24(31-7)15-17-29(23,5)28(32-27)16-18-30(25,26)6/h16,20-25H,8-15,17-19H2,1-7H3. The van der Waals surface area contributed by atoms with E-state index in [1.54, 1.807) is 5.57 Å². The third kappa shape index (κ3) is 4.23. The molecule has 2 nitrogen and oxygen atoms in total. The van der Waals surface area contributed by atoms with E-state index in [1.165, 1.54) is 75.7 Å². The second-order valence-corrected chi connectivity index (χ2v) is 12.6. The number of hydrogen-bond acceptors (Lipinski definition) is 2. The molecule has 0 radical (unpaired) electrons. The van der Waals surface area contributed by atoms with Crippen LogP contribution < -0.4 is 0 Å². The number of ether oxygens (including phenoxy) is 2. The number of methoxy groups -OCH3 is 1. The van der Waals surface area contributed by atoms with Crippen molar-refractivity contribution in [1.82, 2.24) is 0 Å². The highest BCUT2D eigenvalue weighted by molar-refractivity contribution is 5.32. The monoisotopic (exact) mass is 442 g/mol. The first-order valence-electron chi connectivity index (χ1n) is 13.9. The zero-order valence-corrected chi connectivity index (χ0v) is 22.1. The van der Waals surface area contributed by atoms with E-state index < -0.39 is 0 Å². The fourth-order valence-corrected chi connectivity index (χ4v) is 8.19. The Labute approximate surface area is 198 Å². The lowest BCUT2D eigenvalue weighted by Crippen LogP contribution is -2.38. The van der Waals surface area contributed by atoms with Crippen LogP contribution >= 0.6 is 0 Å². The molecule has 1 saturated heterocycles. The van der Waals surface area contributed by atoms with E-state index in [2.05, 4.69) is 47.6 Å². The summed E-state index contributed by atoms with van der Waals surface area (Å²) in [6.07, 6.45) is 16.8. The molecule has 2 heteroatoms. The normalized spacial score (nSPS) is 38.9. The molecule has 2 saturated carbocycles. The van der Waals surface area contributed by atoms with Crippen molar-refractivity contribution >= 4 is 0 Å². The minimum atomic E-state index is 0.194. The highest BCUT2D eigenvalue weighted by Gasteiger charge is 2.51. The molecule has 0 spiro atoms. The molecule has 32 heavy (non-hydrogen) atoms. The highest BCUT2D eigenvalue weighted by atomic mass is 16.5. The lowest BCUT2D eigenvalue weighted by molar-refractivity contribution is -0.00603. The zero-order valence-electron chi connectivity index (χ0n) is 22.1. The van der Waals surface area contributed by atoms with Crippen molar-refractivity contribution in [3.8, 4) is 0 Å². The zero-order chi connectivity index (χ0) is 23.1. The molecular formula is C30H50O2. The predicted molar refractivity (Wildman–Crippen MR) is 134 cm³/mol. The molecule has 0 aromatic carbocycles. The van der Waals surface area contributed by atoms with Gasteiger partial charge in [-0.2, -0.15) is 0 Å². The van der Waals surface area contributed by atoms with Crippen molar-refractivity contribution < 1.29 is 9.47 Å². The topological polar surface area (TPSA) is 18.5 Å². The van der Waals surface area contributed by atoms with Gasteiger partial charge in [-0.15, -0.1) is 0 Å². The third-order valence-electron chi connectivity index (χ3n) is 10.7. The summed E-state index contributed by atoms with van der Waals surface area (Å²) in [7, 11) is 1.89. The maximum absolute atomic E-state index is 6.87. The Hall–Kier alpha value is -0.760. The second-order valence-electron chi connectivity index (χ2n) is 12.6. The van der Waals surface area contributed by atoms with Crippen LogP contribution in [0.25, 0.3) is 0 Å². The van der Waals surface area contributed by atoms with Gasteiger partial charge in [0.25, 0.3) is 0 Å². The maximum Gasteiger partial charge on any atom is 0.106 e. The quantitative estimate of drug-likeness (QED) is 0.392. The molecule has 2 bridgehead atoms. The van der Waals surface area contributed by atoms with Gasteiger partial charge in [0, 0.05) is 18.9 Å². The van der Waals surface area contributed by atoms with E-state index in [4.69, 9.17) is 9.47 Å².